The molecule has 28 heavy (non-hydrogen) atoms. The molecule has 2 heterocycles. The maximum Gasteiger partial charge on any atom is 0.317 e. The minimum atomic E-state index is -0.699. The summed E-state index contributed by atoms with van der Waals surface area (Å²) in [5, 5.41) is 0. The van der Waals surface area contributed by atoms with Crippen LogP contribution in [-0.4, -0.2) is 45.6 Å². The Hall–Kier alpha value is -2.90. The molecular formula is C20H25N3O5. The summed E-state index contributed by atoms with van der Waals surface area (Å²) < 4.78 is 7.72. The molecule has 3 rings (SSSR count). The number of hydrogen-bond acceptors (Lipinski definition) is 5. The molecular weight excluding hydrogens is 362 g/mol. The van der Waals surface area contributed by atoms with Crippen LogP contribution in [0.15, 0.2) is 33.9 Å². The van der Waals surface area contributed by atoms with Gasteiger partial charge in [-0.15, -0.1) is 0 Å². The summed E-state index contributed by atoms with van der Waals surface area (Å²) in [4.78, 5) is 51.3. The van der Waals surface area contributed by atoms with Crippen LogP contribution in [0.4, 0.5) is 0 Å². The van der Waals surface area contributed by atoms with E-state index in [4.69, 9.17) is 4.74 Å². The topological polar surface area (TPSA) is 90.6 Å². The molecule has 1 saturated heterocycles. The zero-order valence-electron chi connectivity index (χ0n) is 16.2. The molecule has 1 aliphatic heterocycles. The normalized spacial score (nSPS) is 15.0. The first kappa shape index (κ1) is 19.9. The Kier molecular flexibility index (Phi) is 5.96. The van der Waals surface area contributed by atoms with Crippen LogP contribution in [-0.2, 0) is 27.4 Å². The molecule has 0 bridgehead atoms. The molecule has 1 amide bonds. The Bertz CT molecular complexity index is 999. The number of esters is 1. The number of hydrogen-bond donors (Lipinski definition) is 0. The van der Waals surface area contributed by atoms with Crippen LogP contribution in [0.5, 0.6) is 0 Å². The molecule has 0 atom stereocenters. The van der Waals surface area contributed by atoms with Crippen LogP contribution >= 0.6 is 0 Å². The highest BCUT2D eigenvalue weighted by Gasteiger charge is 2.28. The molecule has 1 aromatic carbocycles. The van der Waals surface area contributed by atoms with E-state index in [-0.39, 0.29) is 24.3 Å². The van der Waals surface area contributed by atoms with Crippen molar-refractivity contribution in [1.82, 2.24) is 14.0 Å². The van der Waals surface area contributed by atoms with Crippen molar-refractivity contribution in [3.05, 3.63) is 45.0 Å². The van der Waals surface area contributed by atoms with E-state index in [9.17, 15) is 19.2 Å². The quantitative estimate of drug-likeness (QED) is 0.564. The summed E-state index contributed by atoms with van der Waals surface area (Å²) in [6.45, 7) is 4.97. The number of carbonyl (C=O) groups is 2. The molecule has 8 nitrogen and oxygen atoms in total. The number of benzene rings is 1. The molecule has 2 aromatic rings. The fourth-order valence-electron chi connectivity index (χ4n) is 3.70. The van der Waals surface area contributed by atoms with E-state index in [1.54, 1.807) is 43.0 Å². The highest BCUT2D eigenvalue weighted by molar-refractivity contribution is 5.81. The number of fused-ring (bicyclic) bond motifs is 1. The number of aryl methyl sites for hydroxylation is 1. The Balaban J connectivity index is 1.81. The SMILES string of the molecule is CCOC(=O)C1CCN(C(=O)Cn2c(=O)c(=O)n(CC)c3ccccc32)CC1. The van der Waals surface area contributed by atoms with Gasteiger partial charge >= 0.3 is 17.1 Å². The third-order valence-electron chi connectivity index (χ3n) is 5.21. The first-order valence-electron chi connectivity index (χ1n) is 9.64. The lowest BCUT2D eigenvalue weighted by Gasteiger charge is -2.31. The molecule has 0 aliphatic carbocycles. The van der Waals surface area contributed by atoms with Crippen LogP contribution in [0.3, 0.4) is 0 Å². The van der Waals surface area contributed by atoms with Gasteiger partial charge in [-0.25, -0.2) is 0 Å². The third kappa shape index (κ3) is 3.72. The van der Waals surface area contributed by atoms with E-state index in [1.165, 1.54) is 9.13 Å². The number of carbonyl (C=O) groups excluding carboxylic acids is 2. The van der Waals surface area contributed by atoms with Crippen molar-refractivity contribution in [3.63, 3.8) is 0 Å². The number of aromatic nitrogens is 2. The van der Waals surface area contributed by atoms with Crippen molar-refractivity contribution >= 4 is 22.9 Å². The Morgan fingerprint density at radius 1 is 1.00 bits per heavy atom. The smallest absolute Gasteiger partial charge is 0.317 e. The second-order valence-electron chi connectivity index (χ2n) is 6.84. The first-order valence-corrected chi connectivity index (χ1v) is 9.64. The minimum absolute atomic E-state index is 0.191. The lowest BCUT2D eigenvalue weighted by atomic mass is 9.97. The van der Waals surface area contributed by atoms with Gasteiger partial charge < -0.3 is 14.2 Å². The van der Waals surface area contributed by atoms with E-state index in [0.717, 1.165) is 0 Å². The number of likely N-dealkylation sites (tertiary alicyclic amines) is 1. The van der Waals surface area contributed by atoms with Crippen LogP contribution < -0.4 is 11.1 Å². The fraction of sp³-hybridized carbons (Fsp3) is 0.500. The average Bonchev–Trinajstić information content (AvgIpc) is 2.72. The molecule has 0 radical (unpaired) electrons. The maximum absolute atomic E-state index is 12.8. The minimum Gasteiger partial charge on any atom is -0.466 e. The summed E-state index contributed by atoms with van der Waals surface area (Å²) in [6, 6.07) is 7.08. The van der Waals surface area contributed by atoms with Gasteiger partial charge in [0.05, 0.1) is 23.6 Å². The van der Waals surface area contributed by atoms with Gasteiger partial charge in [0.2, 0.25) is 5.91 Å². The van der Waals surface area contributed by atoms with Crippen molar-refractivity contribution in [1.29, 1.82) is 0 Å². The molecule has 0 spiro atoms. The van der Waals surface area contributed by atoms with E-state index in [0.29, 0.717) is 50.1 Å². The summed E-state index contributed by atoms with van der Waals surface area (Å²) >= 11 is 0. The highest BCUT2D eigenvalue weighted by atomic mass is 16.5. The number of ether oxygens (including phenoxy) is 1. The molecule has 0 unspecified atom stereocenters. The number of piperidine rings is 1. The molecule has 150 valence electrons. The number of nitrogens with zero attached hydrogens (tertiary/aromatic N) is 3. The second kappa shape index (κ2) is 8.41. The molecule has 1 aromatic heterocycles. The Morgan fingerprint density at radius 2 is 1.57 bits per heavy atom. The lowest BCUT2D eigenvalue weighted by Crippen LogP contribution is -2.46. The fourth-order valence-corrected chi connectivity index (χ4v) is 3.70. The van der Waals surface area contributed by atoms with Gasteiger partial charge in [0, 0.05) is 19.6 Å². The van der Waals surface area contributed by atoms with Crippen LogP contribution in [0.25, 0.3) is 11.0 Å². The van der Waals surface area contributed by atoms with E-state index < -0.39 is 11.1 Å². The zero-order valence-corrected chi connectivity index (χ0v) is 16.2. The summed E-state index contributed by atoms with van der Waals surface area (Å²) in [5.41, 5.74) is -0.141. The summed E-state index contributed by atoms with van der Waals surface area (Å²) in [5.74, 6) is -0.649. The van der Waals surface area contributed by atoms with Gasteiger partial charge in [-0.1, -0.05) is 12.1 Å². The summed E-state index contributed by atoms with van der Waals surface area (Å²) in [6.07, 6.45) is 1.08. The Labute approximate surface area is 162 Å². The first-order chi connectivity index (χ1) is 13.5. The van der Waals surface area contributed by atoms with Crippen molar-refractivity contribution in [2.45, 2.75) is 39.8 Å². The van der Waals surface area contributed by atoms with Crippen molar-refractivity contribution in [2.75, 3.05) is 19.7 Å². The van der Waals surface area contributed by atoms with Gasteiger partial charge in [-0.2, -0.15) is 0 Å². The Morgan fingerprint density at radius 3 is 2.14 bits per heavy atom. The van der Waals surface area contributed by atoms with Gasteiger partial charge in [-0.3, -0.25) is 23.7 Å². The van der Waals surface area contributed by atoms with E-state index >= 15 is 0 Å². The highest BCUT2D eigenvalue weighted by Crippen LogP contribution is 2.19. The molecule has 0 N–H and O–H groups in total. The van der Waals surface area contributed by atoms with Gasteiger partial charge in [-0.05, 0) is 38.8 Å². The summed E-state index contributed by atoms with van der Waals surface area (Å²) in [7, 11) is 0. The zero-order chi connectivity index (χ0) is 20.3. The maximum atomic E-state index is 12.8. The monoisotopic (exact) mass is 387 g/mol. The van der Waals surface area contributed by atoms with Crippen LogP contribution in [0.2, 0.25) is 0 Å². The van der Waals surface area contributed by atoms with Gasteiger partial charge in [0.15, 0.2) is 0 Å². The van der Waals surface area contributed by atoms with E-state index in [1.807, 2.05) is 0 Å². The molecule has 1 aliphatic rings. The molecule has 0 saturated carbocycles. The van der Waals surface area contributed by atoms with Crippen LogP contribution in [0.1, 0.15) is 26.7 Å². The third-order valence-corrected chi connectivity index (χ3v) is 5.21. The largest absolute Gasteiger partial charge is 0.466 e. The molecule has 8 heteroatoms. The predicted octanol–water partition coefficient (Wildman–Crippen LogP) is 0.985. The number of amides is 1. The van der Waals surface area contributed by atoms with E-state index in [2.05, 4.69) is 0 Å². The predicted molar refractivity (Wildman–Crippen MR) is 104 cm³/mol. The standard InChI is InChI=1S/C20H25N3O5/c1-3-22-15-7-5-6-8-16(15)23(19(26)18(22)25)13-17(24)21-11-9-14(10-12-21)20(27)28-4-2/h5-8,14H,3-4,9-13H2,1-2H3. The number of rotatable bonds is 5. The average molecular weight is 387 g/mol. The molecule has 1 fully saturated rings. The lowest BCUT2D eigenvalue weighted by molar-refractivity contribution is -0.151. The van der Waals surface area contributed by atoms with Gasteiger partial charge in [0.25, 0.3) is 0 Å². The van der Waals surface area contributed by atoms with Crippen molar-refractivity contribution in [3.8, 4) is 0 Å². The van der Waals surface area contributed by atoms with Crippen molar-refractivity contribution in [2.24, 2.45) is 5.92 Å². The van der Waals surface area contributed by atoms with Crippen molar-refractivity contribution < 1.29 is 14.3 Å². The second-order valence-corrected chi connectivity index (χ2v) is 6.84. The number of para-hydroxylation sites is 2. The van der Waals surface area contributed by atoms with Crippen LogP contribution in [0, 0.1) is 5.92 Å². The van der Waals surface area contributed by atoms with Gasteiger partial charge in [0.1, 0.15) is 6.54 Å².